The molecule has 2 rings (SSSR count). The number of aryl methyl sites for hydroxylation is 1. The number of fused-ring (bicyclic) bond motifs is 1. The SMILES string of the molecule is C=C(CCCCC)c1cccc2c1CCC2. The average Bonchev–Trinajstić information content (AvgIpc) is 2.76. The highest BCUT2D eigenvalue weighted by atomic mass is 14.2. The molecule has 0 heteroatoms. The second kappa shape index (κ2) is 5.34. The Bertz CT molecular complexity index is 374. The molecule has 0 saturated carbocycles. The lowest BCUT2D eigenvalue weighted by atomic mass is 9.94. The van der Waals surface area contributed by atoms with Crippen LogP contribution in [0.1, 0.15) is 55.7 Å². The van der Waals surface area contributed by atoms with Gasteiger partial charge < -0.3 is 0 Å². The minimum absolute atomic E-state index is 1.17. The molecule has 1 aromatic rings. The summed E-state index contributed by atoms with van der Waals surface area (Å²) in [6.07, 6.45) is 8.94. The molecule has 1 aliphatic carbocycles. The van der Waals surface area contributed by atoms with Crippen LogP contribution in [0.5, 0.6) is 0 Å². The molecule has 0 aliphatic heterocycles. The normalized spacial score (nSPS) is 13.8. The molecular weight excluding hydrogens is 192 g/mol. The van der Waals surface area contributed by atoms with Crippen molar-refractivity contribution in [2.75, 3.05) is 0 Å². The van der Waals surface area contributed by atoms with Crippen molar-refractivity contribution in [2.45, 2.75) is 51.9 Å². The largest absolute Gasteiger partial charge is 0.0952 e. The van der Waals surface area contributed by atoms with Crippen LogP contribution in [0.3, 0.4) is 0 Å². The Labute approximate surface area is 99.4 Å². The molecule has 0 bridgehead atoms. The zero-order chi connectivity index (χ0) is 11.4. The molecule has 0 spiro atoms. The first-order valence-corrected chi connectivity index (χ1v) is 6.62. The molecule has 1 aromatic carbocycles. The third kappa shape index (κ3) is 2.37. The van der Waals surface area contributed by atoms with E-state index in [1.165, 1.54) is 56.1 Å². The maximum Gasteiger partial charge on any atom is -0.0196 e. The van der Waals surface area contributed by atoms with Gasteiger partial charge in [-0.2, -0.15) is 0 Å². The van der Waals surface area contributed by atoms with Crippen LogP contribution < -0.4 is 0 Å². The van der Waals surface area contributed by atoms with Crippen LogP contribution in [-0.2, 0) is 12.8 Å². The summed E-state index contributed by atoms with van der Waals surface area (Å²) in [5.74, 6) is 0. The van der Waals surface area contributed by atoms with Crippen LogP contribution in [0.25, 0.3) is 5.57 Å². The Morgan fingerprint density at radius 3 is 2.94 bits per heavy atom. The highest BCUT2D eigenvalue weighted by Crippen LogP contribution is 2.30. The summed E-state index contributed by atoms with van der Waals surface area (Å²) in [6, 6.07) is 6.74. The van der Waals surface area contributed by atoms with E-state index in [-0.39, 0.29) is 0 Å². The van der Waals surface area contributed by atoms with Gasteiger partial charge in [-0.25, -0.2) is 0 Å². The van der Waals surface area contributed by atoms with Crippen molar-refractivity contribution >= 4 is 5.57 Å². The molecular formula is C16H22. The van der Waals surface area contributed by atoms with Gasteiger partial charge >= 0.3 is 0 Å². The predicted octanol–water partition coefficient (Wildman–Crippen LogP) is 4.77. The van der Waals surface area contributed by atoms with Crippen molar-refractivity contribution in [3.8, 4) is 0 Å². The Morgan fingerprint density at radius 2 is 2.12 bits per heavy atom. The number of benzene rings is 1. The van der Waals surface area contributed by atoms with Crippen molar-refractivity contribution in [3.63, 3.8) is 0 Å². The summed E-state index contributed by atoms with van der Waals surface area (Å²) in [5, 5.41) is 0. The first-order chi connectivity index (χ1) is 7.83. The molecule has 0 N–H and O–H groups in total. The fourth-order valence-electron chi connectivity index (χ4n) is 2.67. The number of hydrogen-bond acceptors (Lipinski definition) is 0. The van der Waals surface area contributed by atoms with Crippen LogP contribution in [0.4, 0.5) is 0 Å². The maximum atomic E-state index is 4.27. The molecule has 0 aromatic heterocycles. The van der Waals surface area contributed by atoms with Gasteiger partial charge in [0.15, 0.2) is 0 Å². The van der Waals surface area contributed by atoms with Crippen LogP contribution >= 0.6 is 0 Å². The average molecular weight is 214 g/mol. The van der Waals surface area contributed by atoms with Crippen molar-refractivity contribution in [1.29, 1.82) is 0 Å². The lowest BCUT2D eigenvalue weighted by molar-refractivity contribution is 0.735. The zero-order valence-corrected chi connectivity index (χ0v) is 10.4. The predicted molar refractivity (Wildman–Crippen MR) is 71.6 cm³/mol. The van der Waals surface area contributed by atoms with Crippen molar-refractivity contribution < 1.29 is 0 Å². The van der Waals surface area contributed by atoms with Crippen molar-refractivity contribution in [3.05, 3.63) is 41.5 Å². The number of hydrogen-bond donors (Lipinski definition) is 0. The molecule has 0 heterocycles. The third-order valence-electron chi connectivity index (χ3n) is 3.61. The first kappa shape index (κ1) is 11.4. The number of allylic oxidation sites excluding steroid dienone is 1. The Balaban J connectivity index is 2.09. The Kier molecular flexibility index (Phi) is 3.82. The minimum Gasteiger partial charge on any atom is -0.0952 e. The van der Waals surface area contributed by atoms with E-state index >= 15 is 0 Å². The fourth-order valence-corrected chi connectivity index (χ4v) is 2.67. The first-order valence-electron chi connectivity index (χ1n) is 6.62. The molecule has 0 nitrogen and oxygen atoms in total. The lowest BCUT2D eigenvalue weighted by Gasteiger charge is -2.11. The summed E-state index contributed by atoms with van der Waals surface area (Å²) < 4.78 is 0. The highest BCUT2D eigenvalue weighted by molar-refractivity contribution is 5.68. The Hall–Kier alpha value is -1.04. The van der Waals surface area contributed by atoms with Crippen LogP contribution in [-0.4, -0.2) is 0 Å². The van der Waals surface area contributed by atoms with E-state index < -0.39 is 0 Å². The summed E-state index contributed by atoms with van der Waals surface area (Å²) >= 11 is 0. The van der Waals surface area contributed by atoms with E-state index in [1.807, 2.05) is 0 Å². The van der Waals surface area contributed by atoms with Gasteiger partial charge in [0.2, 0.25) is 0 Å². The van der Waals surface area contributed by atoms with E-state index in [0.717, 1.165) is 0 Å². The van der Waals surface area contributed by atoms with Gasteiger partial charge in [-0.1, -0.05) is 44.5 Å². The Morgan fingerprint density at radius 1 is 1.25 bits per heavy atom. The van der Waals surface area contributed by atoms with Gasteiger partial charge in [0, 0.05) is 0 Å². The van der Waals surface area contributed by atoms with Gasteiger partial charge in [-0.3, -0.25) is 0 Å². The maximum absolute atomic E-state index is 4.27. The van der Waals surface area contributed by atoms with Crippen LogP contribution in [0.15, 0.2) is 24.8 Å². The molecule has 0 saturated heterocycles. The second-order valence-corrected chi connectivity index (χ2v) is 4.86. The van der Waals surface area contributed by atoms with Crippen LogP contribution in [0.2, 0.25) is 0 Å². The molecule has 0 radical (unpaired) electrons. The lowest BCUT2D eigenvalue weighted by Crippen LogP contribution is -1.92. The van der Waals surface area contributed by atoms with E-state index in [2.05, 4.69) is 31.7 Å². The second-order valence-electron chi connectivity index (χ2n) is 4.86. The number of rotatable bonds is 5. The van der Waals surface area contributed by atoms with Gasteiger partial charge in [0.25, 0.3) is 0 Å². The smallest absolute Gasteiger partial charge is 0.0196 e. The van der Waals surface area contributed by atoms with Crippen molar-refractivity contribution in [2.24, 2.45) is 0 Å². The molecule has 1 aliphatic rings. The molecule has 86 valence electrons. The highest BCUT2D eigenvalue weighted by Gasteiger charge is 2.15. The summed E-state index contributed by atoms with van der Waals surface area (Å²) in [7, 11) is 0. The summed E-state index contributed by atoms with van der Waals surface area (Å²) in [5.41, 5.74) is 5.96. The van der Waals surface area contributed by atoms with Crippen LogP contribution in [0, 0.1) is 0 Å². The van der Waals surface area contributed by atoms with E-state index in [0.29, 0.717) is 0 Å². The summed E-state index contributed by atoms with van der Waals surface area (Å²) in [6.45, 7) is 6.53. The van der Waals surface area contributed by atoms with Crippen molar-refractivity contribution in [1.82, 2.24) is 0 Å². The quantitative estimate of drug-likeness (QED) is 0.619. The van der Waals surface area contributed by atoms with Gasteiger partial charge in [-0.15, -0.1) is 0 Å². The molecule has 16 heavy (non-hydrogen) atoms. The monoisotopic (exact) mass is 214 g/mol. The topological polar surface area (TPSA) is 0 Å². The van der Waals surface area contributed by atoms with E-state index in [4.69, 9.17) is 0 Å². The fraction of sp³-hybridized carbons (Fsp3) is 0.500. The summed E-state index contributed by atoms with van der Waals surface area (Å²) in [4.78, 5) is 0. The minimum atomic E-state index is 1.17. The third-order valence-corrected chi connectivity index (χ3v) is 3.61. The van der Waals surface area contributed by atoms with E-state index in [9.17, 15) is 0 Å². The number of unbranched alkanes of at least 4 members (excludes halogenated alkanes) is 2. The van der Waals surface area contributed by atoms with Gasteiger partial charge in [-0.05, 0) is 54.4 Å². The zero-order valence-electron chi connectivity index (χ0n) is 10.4. The standard InChI is InChI=1S/C16H22/c1-3-4-5-8-13(2)15-11-6-9-14-10-7-12-16(14)15/h6,9,11H,2-5,7-8,10,12H2,1H3. The van der Waals surface area contributed by atoms with E-state index in [1.54, 1.807) is 11.1 Å². The molecule has 0 fully saturated rings. The van der Waals surface area contributed by atoms with Gasteiger partial charge in [0.05, 0.1) is 0 Å². The molecule has 0 amide bonds. The molecule has 0 atom stereocenters. The van der Waals surface area contributed by atoms with Gasteiger partial charge in [0.1, 0.15) is 0 Å². The molecule has 0 unspecified atom stereocenters.